The van der Waals surface area contributed by atoms with Crippen LogP contribution in [0.25, 0.3) is 0 Å². The van der Waals surface area contributed by atoms with E-state index in [9.17, 15) is 12.8 Å². The zero-order valence-corrected chi connectivity index (χ0v) is 16.1. The van der Waals surface area contributed by atoms with Gasteiger partial charge in [0.2, 0.25) is 10.0 Å². The van der Waals surface area contributed by atoms with Crippen molar-refractivity contribution in [2.24, 2.45) is 10.9 Å². The number of oxime groups is 1. The SMILES string of the molecule is C=C(Cc1ccccc1)O/N=C(\N)[C@@H]1CCCN1S(=O)(=O)c1ccc(F)cc1. The first-order valence-corrected chi connectivity index (χ1v) is 10.3. The van der Waals surface area contributed by atoms with Gasteiger partial charge in [-0.2, -0.15) is 4.31 Å². The van der Waals surface area contributed by atoms with E-state index in [0.717, 1.165) is 17.7 Å². The number of rotatable bonds is 7. The van der Waals surface area contributed by atoms with E-state index in [-0.39, 0.29) is 10.7 Å². The quantitative estimate of drug-likeness (QED) is 0.333. The van der Waals surface area contributed by atoms with Gasteiger partial charge in [-0.25, -0.2) is 12.8 Å². The van der Waals surface area contributed by atoms with E-state index in [1.165, 1.54) is 16.4 Å². The van der Waals surface area contributed by atoms with Crippen LogP contribution in [0.1, 0.15) is 18.4 Å². The van der Waals surface area contributed by atoms with E-state index in [1.54, 1.807) is 0 Å². The first-order chi connectivity index (χ1) is 13.4. The molecule has 0 bridgehead atoms. The predicted molar refractivity (Wildman–Crippen MR) is 105 cm³/mol. The lowest BCUT2D eigenvalue weighted by atomic mass is 10.1. The second kappa shape index (κ2) is 8.53. The van der Waals surface area contributed by atoms with Gasteiger partial charge >= 0.3 is 0 Å². The van der Waals surface area contributed by atoms with E-state index in [1.807, 2.05) is 30.3 Å². The van der Waals surface area contributed by atoms with Crippen LogP contribution in [0.2, 0.25) is 0 Å². The number of amidine groups is 1. The Hall–Kier alpha value is -2.71. The van der Waals surface area contributed by atoms with E-state index >= 15 is 0 Å². The molecule has 0 unspecified atom stereocenters. The molecule has 6 nitrogen and oxygen atoms in total. The van der Waals surface area contributed by atoms with Gasteiger partial charge in [-0.15, -0.1) is 0 Å². The minimum Gasteiger partial charge on any atom is -0.383 e. The van der Waals surface area contributed by atoms with Crippen molar-refractivity contribution in [2.75, 3.05) is 6.54 Å². The number of halogens is 1. The molecule has 0 aromatic heterocycles. The Morgan fingerprint density at radius 1 is 1.21 bits per heavy atom. The molecule has 0 radical (unpaired) electrons. The van der Waals surface area contributed by atoms with Crippen LogP contribution >= 0.6 is 0 Å². The lowest BCUT2D eigenvalue weighted by molar-refractivity contribution is 0.219. The van der Waals surface area contributed by atoms with Gasteiger partial charge in [-0.05, 0) is 42.7 Å². The highest BCUT2D eigenvalue weighted by Crippen LogP contribution is 2.26. The van der Waals surface area contributed by atoms with Crippen molar-refractivity contribution in [3.05, 3.63) is 78.3 Å². The topological polar surface area (TPSA) is 85.0 Å². The zero-order valence-electron chi connectivity index (χ0n) is 15.3. The average Bonchev–Trinajstić information content (AvgIpc) is 3.18. The third-order valence-corrected chi connectivity index (χ3v) is 6.41. The smallest absolute Gasteiger partial charge is 0.243 e. The summed E-state index contributed by atoms with van der Waals surface area (Å²) in [5.74, 6) is -0.0270. The minimum atomic E-state index is -3.81. The second-order valence-electron chi connectivity index (χ2n) is 6.54. The summed E-state index contributed by atoms with van der Waals surface area (Å²) in [6.07, 6.45) is 1.65. The molecule has 2 aromatic carbocycles. The molecule has 0 amide bonds. The molecule has 1 heterocycles. The first-order valence-electron chi connectivity index (χ1n) is 8.87. The summed E-state index contributed by atoms with van der Waals surface area (Å²) >= 11 is 0. The predicted octanol–water partition coefficient (Wildman–Crippen LogP) is 3.02. The molecule has 2 N–H and O–H groups in total. The molecular formula is C20H22FN3O3S. The fraction of sp³-hybridized carbons (Fsp3) is 0.250. The molecule has 3 rings (SSSR count). The fourth-order valence-corrected chi connectivity index (χ4v) is 4.77. The van der Waals surface area contributed by atoms with E-state index < -0.39 is 21.9 Å². The van der Waals surface area contributed by atoms with Crippen LogP contribution in [0, 0.1) is 5.82 Å². The van der Waals surface area contributed by atoms with Crippen LogP contribution in [0.4, 0.5) is 4.39 Å². The summed E-state index contributed by atoms with van der Waals surface area (Å²) in [5.41, 5.74) is 7.04. The van der Waals surface area contributed by atoms with E-state index in [2.05, 4.69) is 11.7 Å². The van der Waals surface area contributed by atoms with Gasteiger partial charge in [0.1, 0.15) is 11.6 Å². The summed E-state index contributed by atoms with van der Waals surface area (Å²) in [7, 11) is -3.81. The lowest BCUT2D eigenvalue weighted by Gasteiger charge is -2.23. The third-order valence-electron chi connectivity index (χ3n) is 4.49. The molecule has 1 fully saturated rings. The van der Waals surface area contributed by atoms with Gasteiger partial charge in [0.05, 0.1) is 10.9 Å². The van der Waals surface area contributed by atoms with Gasteiger partial charge in [0.25, 0.3) is 0 Å². The second-order valence-corrected chi connectivity index (χ2v) is 8.43. The van der Waals surface area contributed by atoms with Crippen LogP contribution in [-0.4, -0.2) is 31.1 Å². The summed E-state index contributed by atoms with van der Waals surface area (Å²) < 4.78 is 40.1. The number of benzene rings is 2. The molecular weight excluding hydrogens is 381 g/mol. The number of nitrogens with zero attached hydrogens (tertiary/aromatic N) is 2. The maximum Gasteiger partial charge on any atom is 0.243 e. The van der Waals surface area contributed by atoms with Gasteiger partial charge in [0, 0.05) is 13.0 Å². The molecule has 0 saturated carbocycles. The summed E-state index contributed by atoms with van der Waals surface area (Å²) in [5, 5.41) is 3.90. The van der Waals surface area contributed by atoms with Crippen LogP contribution in [0.3, 0.4) is 0 Å². The number of allylic oxidation sites excluding steroid dienone is 1. The van der Waals surface area contributed by atoms with Crippen molar-refractivity contribution >= 4 is 15.9 Å². The number of sulfonamides is 1. The standard InChI is InChI=1S/C20H22FN3O3S/c1-15(14-16-6-3-2-4-7-16)27-23-20(22)19-8-5-13-24(19)28(25,26)18-11-9-17(21)10-12-18/h2-4,6-7,9-12,19H,1,5,8,13-14H2,(H2,22,23)/t19-/m0/s1. The Morgan fingerprint density at radius 2 is 1.89 bits per heavy atom. The Morgan fingerprint density at radius 3 is 2.57 bits per heavy atom. The summed E-state index contributed by atoms with van der Waals surface area (Å²) in [6.45, 7) is 4.13. The van der Waals surface area contributed by atoms with Crippen LogP contribution < -0.4 is 5.73 Å². The summed E-state index contributed by atoms with van der Waals surface area (Å²) in [6, 6.07) is 13.7. The van der Waals surface area contributed by atoms with Crippen molar-refractivity contribution < 1.29 is 17.6 Å². The lowest BCUT2D eigenvalue weighted by Crippen LogP contribution is -2.43. The highest BCUT2D eigenvalue weighted by atomic mass is 32.2. The Labute approximate surface area is 164 Å². The van der Waals surface area contributed by atoms with Crippen molar-refractivity contribution in [3.8, 4) is 0 Å². The number of hydrogen-bond donors (Lipinski definition) is 1. The number of hydrogen-bond acceptors (Lipinski definition) is 4. The van der Waals surface area contributed by atoms with E-state index in [4.69, 9.17) is 10.6 Å². The Balaban J connectivity index is 1.70. The van der Waals surface area contributed by atoms with E-state index in [0.29, 0.717) is 31.6 Å². The molecule has 0 aliphatic carbocycles. The third kappa shape index (κ3) is 4.58. The maximum atomic E-state index is 13.1. The van der Waals surface area contributed by atoms with Gasteiger partial charge in [-0.1, -0.05) is 42.1 Å². The van der Waals surface area contributed by atoms with Crippen LogP contribution in [0.5, 0.6) is 0 Å². The first kappa shape index (κ1) is 20.0. The van der Waals surface area contributed by atoms with Crippen molar-refractivity contribution in [1.29, 1.82) is 0 Å². The summed E-state index contributed by atoms with van der Waals surface area (Å²) in [4.78, 5) is 5.32. The highest BCUT2D eigenvalue weighted by Gasteiger charge is 2.37. The van der Waals surface area contributed by atoms with Crippen molar-refractivity contribution in [2.45, 2.75) is 30.2 Å². The Bertz CT molecular complexity index is 960. The minimum absolute atomic E-state index is 0.0167. The van der Waals surface area contributed by atoms with Gasteiger partial charge in [-0.3, -0.25) is 0 Å². The van der Waals surface area contributed by atoms with Gasteiger partial charge in [0.15, 0.2) is 5.84 Å². The average molecular weight is 403 g/mol. The number of nitrogens with two attached hydrogens (primary N) is 1. The van der Waals surface area contributed by atoms with Crippen LogP contribution in [0.15, 0.2) is 77.0 Å². The molecule has 148 valence electrons. The molecule has 1 aliphatic heterocycles. The zero-order chi connectivity index (χ0) is 20.1. The fourth-order valence-electron chi connectivity index (χ4n) is 3.10. The molecule has 2 aromatic rings. The maximum absolute atomic E-state index is 13.1. The molecule has 1 atom stereocenters. The monoisotopic (exact) mass is 403 g/mol. The molecule has 0 spiro atoms. The molecule has 8 heteroatoms. The highest BCUT2D eigenvalue weighted by molar-refractivity contribution is 7.89. The van der Waals surface area contributed by atoms with Crippen molar-refractivity contribution in [3.63, 3.8) is 0 Å². The van der Waals surface area contributed by atoms with Gasteiger partial charge < -0.3 is 10.6 Å². The Kier molecular flexibility index (Phi) is 6.11. The molecule has 1 aliphatic rings. The van der Waals surface area contributed by atoms with Crippen LogP contribution in [-0.2, 0) is 21.3 Å². The van der Waals surface area contributed by atoms with Crippen molar-refractivity contribution in [1.82, 2.24) is 4.31 Å². The normalized spacial score (nSPS) is 18.2. The molecule has 1 saturated heterocycles. The largest absolute Gasteiger partial charge is 0.383 e. The molecule has 28 heavy (non-hydrogen) atoms.